The lowest BCUT2D eigenvalue weighted by atomic mass is 10.2. The van der Waals surface area contributed by atoms with Gasteiger partial charge >= 0.3 is 0 Å². The van der Waals surface area contributed by atoms with Crippen molar-refractivity contribution < 1.29 is 18.9 Å². The zero-order valence-electron chi connectivity index (χ0n) is 17.5. The van der Waals surface area contributed by atoms with Crippen molar-refractivity contribution in [3.05, 3.63) is 79.0 Å². The molecule has 0 fully saturated rings. The van der Waals surface area contributed by atoms with Crippen LogP contribution in [0.15, 0.2) is 79.0 Å². The summed E-state index contributed by atoms with van der Waals surface area (Å²) in [5, 5.41) is 4.19. The summed E-state index contributed by atoms with van der Waals surface area (Å²) < 4.78 is 22.6. The normalized spacial score (nSPS) is 10.5. The Hall–Kier alpha value is -3.93. The van der Waals surface area contributed by atoms with E-state index >= 15 is 0 Å². The van der Waals surface area contributed by atoms with E-state index in [1.807, 2.05) is 72.8 Å². The lowest BCUT2D eigenvalue weighted by Gasteiger charge is -2.13. The molecule has 3 aromatic carbocycles. The molecule has 6 nitrogen and oxygen atoms in total. The summed E-state index contributed by atoms with van der Waals surface area (Å²) in [6.07, 6.45) is 1.71. The number of ether oxygens (including phenoxy) is 4. The van der Waals surface area contributed by atoms with E-state index in [4.69, 9.17) is 18.9 Å². The number of hydrogen-bond acceptors (Lipinski definition) is 6. The van der Waals surface area contributed by atoms with Crippen LogP contribution < -0.4 is 24.3 Å². The molecule has 0 unspecified atom stereocenters. The van der Waals surface area contributed by atoms with Gasteiger partial charge in [-0.05, 0) is 48.5 Å². The second-order valence-electron chi connectivity index (χ2n) is 6.75. The second-order valence-corrected chi connectivity index (χ2v) is 6.75. The highest BCUT2D eigenvalue weighted by Crippen LogP contribution is 2.36. The third-order valence-corrected chi connectivity index (χ3v) is 4.73. The van der Waals surface area contributed by atoms with Crippen molar-refractivity contribution in [3.63, 3.8) is 0 Å². The van der Waals surface area contributed by atoms with Crippen LogP contribution in [-0.4, -0.2) is 32.4 Å². The number of pyridine rings is 1. The average Bonchev–Trinajstić information content (AvgIpc) is 2.83. The topological polar surface area (TPSA) is 61.8 Å². The van der Waals surface area contributed by atoms with Crippen molar-refractivity contribution in [1.82, 2.24) is 4.98 Å². The average molecular weight is 416 g/mol. The molecule has 0 amide bonds. The highest BCUT2D eigenvalue weighted by atomic mass is 16.5. The van der Waals surface area contributed by atoms with Crippen LogP contribution in [-0.2, 0) is 0 Å². The van der Waals surface area contributed by atoms with Gasteiger partial charge in [-0.2, -0.15) is 0 Å². The Morgan fingerprint density at radius 1 is 0.774 bits per heavy atom. The van der Waals surface area contributed by atoms with Crippen molar-refractivity contribution in [2.24, 2.45) is 0 Å². The van der Waals surface area contributed by atoms with Gasteiger partial charge in [0.1, 0.15) is 23.9 Å². The van der Waals surface area contributed by atoms with E-state index in [-0.39, 0.29) is 0 Å². The monoisotopic (exact) mass is 416 g/mol. The molecule has 31 heavy (non-hydrogen) atoms. The van der Waals surface area contributed by atoms with E-state index in [0.717, 1.165) is 28.1 Å². The molecule has 158 valence electrons. The Kier molecular flexibility index (Phi) is 6.38. The molecule has 0 atom stereocenters. The van der Waals surface area contributed by atoms with Gasteiger partial charge in [-0.3, -0.25) is 4.98 Å². The van der Waals surface area contributed by atoms with E-state index in [9.17, 15) is 0 Å². The van der Waals surface area contributed by atoms with Gasteiger partial charge in [-0.15, -0.1) is 0 Å². The molecular weight excluding hydrogens is 392 g/mol. The fourth-order valence-electron chi connectivity index (χ4n) is 3.19. The first-order valence-corrected chi connectivity index (χ1v) is 9.97. The highest BCUT2D eigenvalue weighted by Gasteiger charge is 2.11. The Balaban J connectivity index is 1.40. The van der Waals surface area contributed by atoms with Gasteiger partial charge in [0.15, 0.2) is 11.5 Å². The summed E-state index contributed by atoms with van der Waals surface area (Å²) in [6, 6.07) is 23.1. The maximum absolute atomic E-state index is 6.11. The van der Waals surface area contributed by atoms with E-state index in [2.05, 4.69) is 10.3 Å². The molecule has 1 N–H and O–H groups in total. The third-order valence-electron chi connectivity index (χ3n) is 4.73. The van der Waals surface area contributed by atoms with Gasteiger partial charge in [0.25, 0.3) is 0 Å². The number of aromatic nitrogens is 1. The van der Waals surface area contributed by atoms with Crippen LogP contribution >= 0.6 is 0 Å². The fraction of sp³-hybridized carbons (Fsp3) is 0.160. The molecule has 0 saturated heterocycles. The number of nitrogens with one attached hydrogen (secondary N) is 1. The molecule has 0 radical (unpaired) electrons. The molecule has 0 saturated carbocycles. The van der Waals surface area contributed by atoms with Crippen LogP contribution in [0.4, 0.5) is 5.69 Å². The van der Waals surface area contributed by atoms with Gasteiger partial charge in [0.2, 0.25) is 0 Å². The first kappa shape index (κ1) is 20.3. The van der Waals surface area contributed by atoms with E-state index < -0.39 is 0 Å². The summed E-state index contributed by atoms with van der Waals surface area (Å²) in [6.45, 7) is 1.28. The highest BCUT2D eigenvalue weighted by molar-refractivity contribution is 5.88. The predicted octanol–water partition coefficient (Wildman–Crippen LogP) is 5.54. The minimum atomic E-state index is 0.580. The lowest BCUT2D eigenvalue weighted by Crippen LogP contribution is -2.11. The largest absolute Gasteiger partial charge is 0.493 e. The summed E-state index contributed by atoms with van der Waals surface area (Å²) in [5.74, 6) is 3.56. The van der Waals surface area contributed by atoms with Crippen molar-refractivity contribution in [2.75, 3.05) is 32.7 Å². The minimum absolute atomic E-state index is 0.580. The van der Waals surface area contributed by atoms with Gasteiger partial charge in [0, 0.05) is 29.9 Å². The Bertz CT molecular complexity index is 1130. The van der Waals surface area contributed by atoms with Crippen LogP contribution in [0.3, 0.4) is 0 Å². The van der Waals surface area contributed by atoms with Crippen molar-refractivity contribution >= 4 is 16.6 Å². The Morgan fingerprint density at radius 3 is 2.26 bits per heavy atom. The van der Waals surface area contributed by atoms with Crippen molar-refractivity contribution in [2.45, 2.75) is 0 Å². The predicted molar refractivity (Wildman–Crippen MR) is 122 cm³/mol. The van der Waals surface area contributed by atoms with Gasteiger partial charge in [-0.25, -0.2) is 0 Å². The number of benzene rings is 3. The number of fused-ring (bicyclic) bond motifs is 1. The second kappa shape index (κ2) is 9.71. The fourth-order valence-corrected chi connectivity index (χ4v) is 3.19. The van der Waals surface area contributed by atoms with E-state index in [1.54, 1.807) is 20.4 Å². The maximum Gasteiger partial charge on any atom is 0.162 e. The smallest absolute Gasteiger partial charge is 0.162 e. The summed E-state index contributed by atoms with van der Waals surface area (Å²) in [7, 11) is 3.21. The number of hydrogen-bond donors (Lipinski definition) is 1. The third kappa shape index (κ3) is 4.98. The number of methoxy groups -OCH3 is 2. The summed E-state index contributed by atoms with van der Waals surface area (Å²) in [4.78, 5) is 4.41. The molecule has 0 bridgehead atoms. The molecule has 0 aliphatic heterocycles. The van der Waals surface area contributed by atoms with Gasteiger partial charge < -0.3 is 24.3 Å². The van der Waals surface area contributed by atoms with Crippen LogP contribution in [0.25, 0.3) is 10.9 Å². The minimum Gasteiger partial charge on any atom is -0.493 e. The van der Waals surface area contributed by atoms with E-state index in [1.165, 1.54) is 0 Å². The molecule has 4 aromatic rings. The zero-order valence-corrected chi connectivity index (χ0v) is 17.5. The van der Waals surface area contributed by atoms with Crippen LogP contribution in [0.1, 0.15) is 0 Å². The van der Waals surface area contributed by atoms with E-state index in [0.29, 0.717) is 30.4 Å². The lowest BCUT2D eigenvalue weighted by molar-refractivity contribution is 0.333. The van der Waals surface area contributed by atoms with Crippen LogP contribution in [0.5, 0.6) is 28.7 Å². The molecule has 1 heterocycles. The molecule has 6 heteroatoms. The first-order valence-electron chi connectivity index (χ1n) is 9.97. The quantitative estimate of drug-likeness (QED) is 0.362. The van der Waals surface area contributed by atoms with Gasteiger partial charge in [0.05, 0.1) is 19.7 Å². The Morgan fingerprint density at radius 2 is 1.52 bits per heavy atom. The van der Waals surface area contributed by atoms with Crippen LogP contribution in [0.2, 0.25) is 0 Å². The van der Waals surface area contributed by atoms with Gasteiger partial charge in [-0.1, -0.05) is 18.2 Å². The molecule has 1 aromatic heterocycles. The standard InChI is InChI=1S/C25H24N2O4/c1-28-24-16-21-22(17-25(24)29-2)27-13-12-23(21)31-20-10-8-18(9-11-20)26-14-15-30-19-6-4-3-5-7-19/h3-13,16-17,26H,14-15H2,1-2H3. The molecule has 4 rings (SSSR count). The molecule has 0 aliphatic rings. The number of anilines is 1. The number of rotatable bonds is 9. The number of para-hydroxylation sites is 1. The summed E-state index contributed by atoms with van der Waals surface area (Å²) >= 11 is 0. The number of nitrogens with zero attached hydrogens (tertiary/aromatic N) is 1. The first-order chi connectivity index (χ1) is 15.3. The van der Waals surface area contributed by atoms with Crippen molar-refractivity contribution in [3.8, 4) is 28.7 Å². The maximum atomic E-state index is 6.11. The Labute approximate surface area is 181 Å². The van der Waals surface area contributed by atoms with Crippen LogP contribution in [0, 0.1) is 0 Å². The zero-order chi connectivity index (χ0) is 21.5. The van der Waals surface area contributed by atoms with Crippen molar-refractivity contribution in [1.29, 1.82) is 0 Å². The molecule has 0 aliphatic carbocycles. The molecular formula is C25H24N2O4. The molecule has 0 spiro atoms. The SMILES string of the molecule is COc1cc2nccc(Oc3ccc(NCCOc4ccccc4)cc3)c2cc1OC. The summed E-state index contributed by atoms with van der Waals surface area (Å²) in [5.41, 5.74) is 1.77.